The zero-order valence-corrected chi connectivity index (χ0v) is 10.3. The van der Waals surface area contributed by atoms with Gasteiger partial charge in [-0.25, -0.2) is 0 Å². The third-order valence-corrected chi connectivity index (χ3v) is 2.29. The Balaban J connectivity index is 3.65. The number of hydrogen-bond donors (Lipinski definition) is 2. The van der Waals surface area contributed by atoms with Crippen molar-refractivity contribution in [1.29, 1.82) is 0 Å². The highest BCUT2D eigenvalue weighted by atomic mass is 16.5. The summed E-state index contributed by atoms with van der Waals surface area (Å²) in [6, 6.07) is -0.107. The largest absolute Gasteiger partial charge is 0.380 e. The summed E-state index contributed by atoms with van der Waals surface area (Å²) in [5.74, 6) is -0.00266. The minimum Gasteiger partial charge on any atom is -0.380 e. The minimum absolute atomic E-state index is 0.00266. The Hall–Kier alpha value is -0.610. The molecule has 0 aliphatic carbocycles. The molecule has 15 heavy (non-hydrogen) atoms. The van der Waals surface area contributed by atoms with E-state index in [1.54, 1.807) is 0 Å². The van der Waals surface area contributed by atoms with Crippen molar-refractivity contribution in [1.82, 2.24) is 5.32 Å². The minimum atomic E-state index is -0.107. The zero-order chi connectivity index (χ0) is 11.9. The number of amides is 1. The summed E-state index contributed by atoms with van der Waals surface area (Å²) in [5.41, 5.74) is 5.86. The maximum Gasteiger partial charge on any atom is 0.221 e. The number of hydrogen-bond acceptors (Lipinski definition) is 3. The van der Waals surface area contributed by atoms with E-state index in [1.165, 1.54) is 0 Å². The van der Waals surface area contributed by atoms with Crippen molar-refractivity contribution in [3.63, 3.8) is 0 Å². The van der Waals surface area contributed by atoms with Gasteiger partial charge in [0.15, 0.2) is 0 Å². The molecule has 3 N–H and O–H groups in total. The Kier molecular flexibility index (Phi) is 6.52. The van der Waals surface area contributed by atoms with E-state index in [0.29, 0.717) is 26.2 Å². The highest BCUT2D eigenvalue weighted by Gasteiger charge is 2.22. The second kappa shape index (κ2) is 6.80. The van der Waals surface area contributed by atoms with Crippen LogP contribution in [0.15, 0.2) is 0 Å². The Morgan fingerprint density at radius 3 is 2.53 bits per heavy atom. The van der Waals surface area contributed by atoms with Crippen LogP contribution in [0.2, 0.25) is 0 Å². The summed E-state index contributed by atoms with van der Waals surface area (Å²) in [7, 11) is 0. The number of nitrogens with two attached hydrogens (primary N) is 1. The summed E-state index contributed by atoms with van der Waals surface area (Å²) in [4.78, 5) is 11.4. The van der Waals surface area contributed by atoms with Gasteiger partial charge in [-0.1, -0.05) is 20.8 Å². The van der Waals surface area contributed by atoms with Gasteiger partial charge >= 0.3 is 0 Å². The lowest BCUT2D eigenvalue weighted by Gasteiger charge is -2.26. The van der Waals surface area contributed by atoms with Crippen LogP contribution in [0, 0.1) is 5.41 Å². The average molecular weight is 216 g/mol. The average Bonchev–Trinajstić information content (AvgIpc) is 2.11. The van der Waals surface area contributed by atoms with Gasteiger partial charge in [0.2, 0.25) is 5.91 Å². The second-order valence-electron chi connectivity index (χ2n) is 4.72. The molecule has 0 aromatic carbocycles. The van der Waals surface area contributed by atoms with Gasteiger partial charge in [0.05, 0.1) is 6.61 Å². The fourth-order valence-corrected chi connectivity index (χ4v) is 0.985. The van der Waals surface area contributed by atoms with E-state index in [4.69, 9.17) is 10.5 Å². The van der Waals surface area contributed by atoms with E-state index in [2.05, 4.69) is 5.32 Å². The molecule has 0 heterocycles. The first-order chi connectivity index (χ1) is 6.88. The van der Waals surface area contributed by atoms with Crippen molar-refractivity contribution in [3.05, 3.63) is 0 Å². The Bertz CT molecular complexity index is 188. The maximum absolute atomic E-state index is 11.4. The normalized spacial score (nSPS) is 13.7. The van der Waals surface area contributed by atoms with Crippen LogP contribution in [0.25, 0.3) is 0 Å². The molecule has 0 aliphatic rings. The van der Waals surface area contributed by atoms with Crippen molar-refractivity contribution in [2.45, 2.75) is 40.2 Å². The molecule has 0 spiro atoms. The first-order valence-corrected chi connectivity index (χ1v) is 5.48. The third kappa shape index (κ3) is 7.33. The van der Waals surface area contributed by atoms with Crippen LogP contribution in [0.5, 0.6) is 0 Å². The number of rotatable bonds is 6. The molecule has 0 aromatic rings. The Morgan fingerprint density at radius 1 is 1.47 bits per heavy atom. The third-order valence-electron chi connectivity index (χ3n) is 2.29. The monoisotopic (exact) mass is 216 g/mol. The van der Waals surface area contributed by atoms with Crippen LogP contribution in [0.3, 0.4) is 0 Å². The first-order valence-electron chi connectivity index (χ1n) is 5.48. The molecule has 4 nitrogen and oxygen atoms in total. The Morgan fingerprint density at radius 2 is 2.07 bits per heavy atom. The molecule has 1 unspecified atom stereocenters. The molecule has 0 radical (unpaired) electrons. The van der Waals surface area contributed by atoms with Crippen molar-refractivity contribution >= 4 is 5.91 Å². The first kappa shape index (κ1) is 14.4. The van der Waals surface area contributed by atoms with Crippen molar-refractivity contribution in [3.8, 4) is 0 Å². The molecule has 0 aromatic heterocycles. The highest BCUT2D eigenvalue weighted by Crippen LogP contribution is 2.19. The molecule has 4 heteroatoms. The summed E-state index contributed by atoms with van der Waals surface area (Å²) >= 11 is 0. The van der Waals surface area contributed by atoms with E-state index in [9.17, 15) is 4.79 Å². The van der Waals surface area contributed by atoms with Crippen LogP contribution in [0.1, 0.15) is 34.1 Å². The SMILES string of the molecule is CCOCCNC(=O)CC(N)C(C)(C)C. The molecule has 0 bridgehead atoms. The van der Waals surface area contributed by atoms with Crippen molar-refractivity contribution < 1.29 is 9.53 Å². The standard InChI is InChI=1S/C11H24N2O2/c1-5-15-7-6-13-10(14)8-9(12)11(2,3)4/h9H,5-8,12H2,1-4H3,(H,13,14). The number of carbonyl (C=O) groups is 1. The summed E-state index contributed by atoms with van der Waals surface area (Å²) < 4.78 is 5.11. The smallest absolute Gasteiger partial charge is 0.221 e. The molecule has 90 valence electrons. The molecule has 1 atom stereocenters. The van der Waals surface area contributed by atoms with Gasteiger partial charge in [-0.3, -0.25) is 4.79 Å². The van der Waals surface area contributed by atoms with Crippen molar-refractivity contribution in [2.24, 2.45) is 11.1 Å². The molecule has 0 rings (SSSR count). The van der Waals surface area contributed by atoms with Crippen LogP contribution >= 0.6 is 0 Å². The van der Waals surface area contributed by atoms with Gasteiger partial charge in [0.25, 0.3) is 0 Å². The van der Waals surface area contributed by atoms with E-state index in [1.807, 2.05) is 27.7 Å². The van der Waals surface area contributed by atoms with E-state index in [-0.39, 0.29) is 17.4 Å². The lowest BCUT2D eigenvalue weighted by Crippen LogP contribution is -2.40. The molecule has 0 saturated carbocycles. The van der Waals surface area contributed by atoms with Gasteiger partial charge in [0, 0.05) is 25.6 Å². The lowest BCUT2D eigenvalue weighted by atomic mass is 9.85. The predicted molar refractivity (Wildman–Crippen MR) is 61.6 cm³/mol. The lowest BCUT2D eigenvalue weighted by molar-refractivity contribution is -0.122. The van der Waals surface area contributed by atoms with E-state index < -0.39 is 0 Å². The van der Waals surface area contributed by atoms with Crippen LogP contribution in [-0.2, 0) is 9.53 Å². The number of ether oxygens (including phenoxy) is 1. The molecule has 0 saturated heterocycles. The highest BCUT2D eigenvalue weighted by molar-refractivity contribution is 5.76. The predicted octanol–water partition coefficient (Wildman–Crippen LogP) is 0.903. The van der Waals surface area contributed by atoms with Crippen LogP contribution in [-0.4, -0.2) is 31.7 Å². The fraction of sp³-hybridized carbons (Fsp3) is 0.909. The van der Waals surface area contributed by atoms with Gasteiger partial charge < -0.3 is 15.8 Å². The van der Waals surface area contributed by atoms with Gasteiger partial charge in [-0.05, 0) is 12.3 Å². The van der Waals surface area contributed by atoms with E-state index >= 15 is 0 Å². The van der Waals surface area contributed by atoms with Gasteiger partial charge in [-0.2, -0.15) is 0 Å². The summed E-state index contributed by atoms with van der Waals surface area (Å²) in [5, 5.41) is 2.78. The molecule has 1 amide bonds. The summed E-state index contributed by atoms with van der Waals surface area (Å²) in [6.45, 7) is 9.83. The Labute approximate surface area is 92.6 Å². The van der Waals surface area contributed by atoms with Crippen molar-refractivity contribution in [2.75, 3.05) is 19.8 Å². The molecular weight excluding hydrogens is 192 g/mol. The quantitative estimate of drug-likeness (QED) is 0.648. The second-order valence-corrected chi connectivity index (χ2v) is 4.72. The molecule has 0 aliphatic heterocycles. The topological polar surface area (TPSA) is 64.3 Å². The summed E-state index contributed by atoms with van der Waals surface area (Å²) in [6.07, 6.45) is 0.371. The number of carbonyl (C=O) groups excluding carboxylic acids is 1. The fourth-order valence-electron chi connectivity index (χ4n) is 0.985. The molecule has 0 fully saturated rings. The number of nitrogens with one attached hydrogen (secondary N) is 1. The zero-order valence-electron chi connectivity index (χ0n) is 10.3. The van der Waals surface area contributed by atoms with Gasteiger partial charge in [0.1, 0.15) is 0 Å². The van der Waals surface area contributed by atoms with Crippen LogP contribution < -0.4 is 11.1 Å². The maximum atomic E-state index is 11.4. The van der Waals surface area contributed by atoms with Gasteiger partial charge in [-0.15, -0.1) is 0 Å². The molecular formula is C11H24N2O2. The van der Waals surface area contributed by atoms with Crippen LogP contribution in [0.4, 0.5) is 0 Å². The van der Waals surface area contributed by atoms with E-state index in [0.717, 1.165) is 0 Å².